The number of benzene rings is 1. The summed E-state index contributed by atoms with van der Waals surface area (Å²) in [5.74, 6) is 0.147. The van der Waals surface area contributed by atoms with Crippen LogP contribution in [0.25, 0.3) is 0 Å². The molecular weight excluding hydrogens is 250 g/mol. The molecule has 1 amide bonds. The highest BCUT2D eigenvalue weighted by Gasteiger charge is 2.29. The third kappa shape index (κ3) is 2.80. The van der Waals surface area contributed by atoms with Crippen LogP contribution < -0.4 is 5.73 Å². The highest BCUT2D eigenvalue weighted by molar-refractivity contribution is 5.94. The number of amides is 1. The second-order valence-electron chi connectivity index (χ2n) is 5.91. The lowest BCUT2D eigenvalue weighted by Gasteiger charge is -2.37. The van der Waals surface area contributed by atoms with Gasteiger partial charge in [0.05, 0.1) is 0 Å². The summed E-state index contributed by atoms with van der Waals surface area (Å²) < 4.78 is 0. The van der Waals surface area contributed by atoms with Crippen molar-refractivity contribution in [2.75, 3.05) is 31.9 Å². The fourth-order valence-electron chi connectivity index (χ4n) is 3.35. The van der Waals surface area contributed by atoms with Crippen LogP contribution in [0.1, 0.15) is 36.0 Å². The van der Waals surface area contributed by atoms with Crippen molar-refractivity contribution >= 4 is 11.6 Å². The van der Waals surface area contributed by atoms with Crippen molar-refractivity contribution in [2.45, 2.75) is 31.7 Å². The molecule has 2 aliphatic rings. The number of carbonyl (C=O) groups excluding carboxylic acids is 1. The number of carbonyl (C=O) groups is 1. The summed E-state index contributed by atoms with van der Waals surface area (Å²) in [5, 5.41) is 0. The molecule has 4 nitrogen and oxygen atoms in total. The van der Waals surface area contributed by atoms with Crippen molar-refractivity contribution in [3.8, 4) is 0 Å². The predicted octanol–water partition coefficient (Wildman–Crippen LogP) is 1.97. The Kier molecular flexibility index (Phi) is 3.92. The largest absolute Gasteiger partial charge is 0.399 e. The molecule has 2 saturated heterocycles. The molecule has 0 aliphatic carbocycles. The molecule has 0 bridgehead atoms. The fourth-order valence-corrected chi connectivity index (χ4v) is 3.35. The van der Waals surface area contributed by atoms with Gasteiger partial charge >= 0.3 is 0 Å². The maximum absolute atomic E-state index is 12.5. The third-order valence-electron chi connectivity index (χ3n) is 4.50. The van der Waals surface area contributed by atoms with Crippen LogP contribution in [-0.4, -0.2) is 47.9 Å². The van der Waals surface area contributed by atoms with E-state index in [0.717, 1.165) is 25.1 Å². The van der Waals surface area contributed by atoms with Crippen LogP contribution in [0.5, 0.6) is 0 Å². The van der Waals surface area contributed by atoms with Crippen molar-refractivity contribution in [3.05, 3.63) is 29.8 Å². The summed E-state index contributed by atoms with van der Waals surface area (Å²) in [6, 6.07) is 7.82. The van der Waals surface area contributed by atoms with E-state index in [-0.39, 0.29) is 5.91 Å². The maximum atomic E-state index is 12.5. The van der Waals surface area contributed by atoms with Crippen LogP contribution in [0.4, 0.5) is 5.69 Å². The summed E-state index contributed by atoms with van der Waals surface area (Å²) in [7, 11) is 0. The molecule has 1 unspecified atom stereocenters. The highest BCUT2D eigenvalue weighted by atomic mass is 16.2. The fraction of sp³-hybridized carbons (Fsp3) is 0.562. The number of hydrogen-bond acceptors (Lipinski definition) is 3. The Balaban J connectivity index is 1.66. The summed E-state index contributed by atoms with van der Waals surface area (Å²) in [6.07, 6.45) is 4.96. The standard InChI is InChI=1S/C16H23N3O/c17-14-7-5-13(6-8-14)16(20)19-11-3-4-15(12-19)18-9-1-2-10-18/h5-8,15H,1-4,9-12,17H2. The van der Waals surface area contributed by atoms with Crippen LogP contribution in [0.3, 0.4) is 0 Å². The number of hydrogen-bond donors (Lipinski definition) is 1. The van der Waals surface area contributed by atoms with Gasteiger partial charge in [-0.25, -0.2) is 0 Å². The highest BCUT2D eigenvalue weighted by Crippen LogP contribution is 2.21. The van der Waals surface area contributed by atoms with Gasteiger partial charge in [-0.3, -0.25) is 9.69 Å². The predicted molar refractivity (Wildman–Crippen MR) is 80.6 cm³/mol. The van der Waals surface area contributed by atoms with Gasteiger partial charge in [0.2, 0.25) is 0 Å². The smallest absolute Gasteiger partial charge is 0.253 e. The quantitative estimate of drug-likeness (QED) is 0.838. The van der Waals surface area contributed by atoms with Gasteiger partial charge in [-0.05, 0) is 63.0 Å². The van der Waals surface area contributed by atoms with Gasteiger partial charge in [-0.1, -0.05) is 0 Å². The van der Waals surface area contributed by atoms with Crippen LogP contribution >= 0.6 is 0 Å². The van der Waals surface area contributed by atoms with Crippen molar-refractivity contribution in [2.24, 2.45) is 0 Å². The molecule has 1 aromatic rings. The van der Waals surface area contributed by atoms with Gasteiger partial charge < -0.3 is 10.6 Å². The Morgan fingerprint density at radius 1 is 1.05 bits per heavy atom. The first kappa shape index (κ1) is 13.4. The van der Waals surface area contributed by atoms with Gasteiger partial charge in [0.15, 0.2) is 0 Å². The van der Waals surface area contributed by atoms with E-state index >= 15 is 0 Å². The van der Waals surface area contributed by atoms with Gasteiger partial charge in [0.1, 0.15) is 0 Å². The molecule has 4 heteroatoms. The van der Waals surface area contributed by atoms with Crippen molar-refractivity contribution in [1.29, 1.82) is 0 Å². The molecule has 1 atom stereocenters. The lowest BCUT2D eigenvalue weighted by molar-refractivity contribution is 0.0608. The van der Waals surface area contributed by atoms with Crippen molar-refractivity contribution < 1.29 is 4.79 Å². The Labute approximate surface area is 120 Å². The molecule has 1 aromatic carbocycles. The second-order valence-corrected chi connectivity index (χ2v) is 5.91. The molecule has 108 valence electrons. The molecule has 20 heavy (non-hydrogen) atoms. The van der Waals surface area contributed by atoms with E-state index < -0.39 is 0 Å². The van der Waals surface area contributed by atoms with E-state index in [4.69, 9.17) is 5.73 Å². The molecule has 2 fully saturated rings. The lowest BCUT2D eigenvalue weighted by atomic mass is 10.0. The zero-order valence-corrected chi connectivity index (χ0v) is 11.9. The third-order valence-corrected chi connectivity index (χ3v) is 4.50. The molecule has 0 spiro atoms. The summed E-state index contributed by atoms with van der Waals surface area (Å²) in [6.45, 7) is 4.17. The topological polar surface area (TPSA) is 49.6 Å². The Morgan fingerprint density at radius 3 is 2.45 bits per heavy atom. The SMILES string of the molecule is Nc1ccc(C(=O)N2CCCC(N3CCCC3)C2)cc1. The van der Waals surface area contributed by atoms with Crippen molar-refractivity contribution in [3.63, 3.8) is 0 Å². The number of rotatable bonds is 2. The first-order valence-corrected chi connectivity index (χ1v) is 7.63. The van der Waals surface area contributed by atoms with Crippen LogP contribution in [-0.2, 0) is 0 Å². The van der Waals surface area contributed by atoms with Crippen LogP contribution in [0.2, 0.25) is 0 Å². The molecule has 2 N–H and O–H groups in total. The van der Waals surface area contributed by atoms with E-state index in [1.54, 1.807) is 12.1 Å². The summed E-state index contributed by atoms with van der Waals surface area (Å²) in [4.78, 5) is 17.1. The van der Waals surface area contributed by atoms with Crippen LogP contribution in [0.15, 0.2) is 24.3 Å². The number of nitrogens with zero attached hydrogens (tertiary/aromatic N) is 2. The van der Waals surface area contributed by atoms with E-state index in [9.17, 15) is 4.79 Å². The minimum atomic E-state index is 0.147. The van der Waals surface area contributed by atoms with Crippen LogP contribution in [0, 0.1) is 0 Å². The first-order valence-electron chi connectivity index (χ1n) is 7.63. The second kappa shape index (κ2) is 5.83. The van der Waals surface area contributed by atoms with Gasteiger partial charge in [-0.2, -0.15) is 0 Å². The molecular formula is C16H23N3O. The molecule has 0 radical (unpaired) electrons. The summed E-state index contributed by atoms with van der Waals surface area (Å²) >= 11 is 0. The maximum Gasteiger partial charge on any atom is 0.253 e. The zero-order valence-electron chi connectivity index (χ0n) is 11.9. The molecule has 2 aliphatic heterocycles. The molecule has 2 heterocycles. The van der Waals surface area contributed by atoms with E-state index in [1.807, 2.05) is 17.0 Å². The Bertz CT molecular complexity index is 465. The summed E-state index contributed by atoms with van der Waals surface area (Å²) in [5.41, 5.74) is 7.13. The zero-order chi connectivity index (χ0) is 13.9. The Hall–Kier alpha value is -1.55. The Morgan fingerprint density at radius 2 is 1.75 bits per heavy atom. The number of likely N-dealkylation sites (tertiary alicyclic amines) is 2. The number of anilines is 1. The minimum Gasteiger partial charge on any atom is -0.399 e. The van der Waals surface area contributed by atoms with E-state index in [0.29, 0.717) is 11.7 Å². The monoisotopic (exact) mass is 273 g/mol. The molecule has 0 aromatic heterocycles. The number of nitrogens with two attached hydrogens (primary N) is 1. The van der Waals surface area contributed by atoms with Gasteiger partial charge in [0.25, 0.3) is 5.91 Å². The van der Waals surface area contributed by atoms with E-state index in [1.165, 1.54) is 32.4 Å². The molecule has 3 rings (SSSR count). The average Bonchev–Trinajstić information content (AvgIpc) is 3.02. The lowest BCUT2D eigenvalue weighted by Crippen LogP contribution is -2.48. The molecule has 0 saturated carbocycles. The average molecular weight is 273 g/mol. The van der Waals surface area contributed by atoms with E-state index in [2.05, 4.69) is 4.90 Å². The normalized spacial score (nSPS) is 24.0. The van der Waals surface area contributed by atoms with Gasteiger partial charge in [-0.15, -0.1) is 0 Å². The first-order chi connectivity index (χ1) is 9.74. The van der Waals surface area contributed by atoms with Crippen molar-refractivity contribution in [1.82, 2.24) is 9.80 Å². The number of nitrogen functional groups attached to an aromatic ring is 1. The number of piperidine rings is 1. The van der Waals surface area contributed by atoms with Gasteiger partial charge in [0, 0.05) is 30.4 Å². The minimum absolute atomic E-state index is 0.147.